The Kier molecular flexibility index (Phi) is 46.2. The van der Waals surface area contributed by atoms with Gasteiger partial charge in [0, 0.05) is 0 Å². The van der Waals surface area contributed by atoms with Gasteiger partial charge in [0.1, 0.15) is 0 Å². The number of hydrogen-bond acceptors (Lipinski definition) is 0. The van der Waals surface area contributed by atoms with Crippen LogP contribution in [0.5, 0.6) is 0 Å². The fourth-order valence-corrected chi connectivity index (χ4v) is 0. The molecular weight excluding hydrogens is 331 g/mol. The summed E-state index contributed by atoms with van der Waals surface area (Å²) in [5.74, 6) is 3.09. The molecule has 0 aromatic carbocycles. The zero-order valence-electron chi connectivity index (χ0n) is 16.5. The molecule has 0 aliphatic rings. The molecule has 128 valence electrons. The fraction of sp³-hybridized carbons (Fsp3) is 0.800. The third kappa shape index (κ3) is 94.4. The zero-order chi connectivity index (χ0) is 17.1. The van der Waals surface area contributed by atoms with E-state index in [0.29, 0.717) is 0 Å². The molecule has 0 nitrogen and oxygen atoms in total. The molecule has 0 radical (unpaired) electrons. The van der Waals surface area contributed by atoms with Gasteiger partial charge in [0.15, 0.2) is 0 Å². The van der Waals surface area contributed by atoms with Crippen LogP contribution in [0, 0.1) is 51.4 Å². The molecule has 0 amide bonds. The minimum atomic E-state index is 0. The molecule has 0 aliphatic heterocycles. The third-order valence-electron chi connectivity index (χ3n) is 2.31. The van der Waals surface area contributed by atoms with E-state index >= 15 is 0 Å². The molecule has 0 fully saturated rings. The van der Waals surface area contributed by atoms with Gasteiger partial charge in [-0.25, -0.2) is 0 Å². The van der Waals surface area contributed by atoms with Gasteiger partial charge in [-0.3, -0.25) is 0 Å². The first-order chi connectivity index (χ1) is 9.08. The van der Waals surface area contributed by atoms with E-state index in [4.69, 9.17) is 0 Å². The fourth-order valence-electron chi connectivity index (χ4n) is 0. The van der Waals surface area contributed by atoms with Crippen LogP contribution in [0.3, 0.4) is 0 Å². The van der Waals surface area contributed by atoms with Gasteiger partial charge in [0.25, 0.3) is 0 Å². The first-order valence-corrected chi connectivity index (χ1v) is 8.25. The predicted molar refractivity (Wildman–Crippen MR) is 99.2 cm³/mol. The van der Waals surface area contributed by atoms with Crippen LogP contribution in [0.15, 0.2) is 0 Å². The van der Waals surface area contributed by atoms with Crippen molar-refractivity contribution in [3.63, 3.8) is 0 Å². The van der Waals surface area contributed by atoms with Crippen LogP contribution in [0.2, 0.25) is 0 Å². The normalized spacial score (nSPS) is 9.14. The summed E-state index contributed by atoms with van der Waals surface area (Å²) in [6.07, 6.45) is 4.22. The van der Waals surface area contributed by atoms with Crippen molar-refractivity contribution < 1.29 is 26.2 Å². The molecule has 0 rings (SSSR count). The Bertz CT molecular complexity index is 93.8. The van der Waals surface area contributed by atoms with Crippen LogP contribution in [-0.4, -0.2) is 0 Å². The van der Waals surface area contributed by atoms with Gasteiger partial charge in [-0.2, -0.15) is 25.7 Å². The molecule has 0 aromatic heterocycles. The number of rotatable bonds is 4. The maximum absolute atomic E-state index is 3.69. The average Bonchev–Trinajstić information content (AvgIpc) is 2.40. The molecule has 0 atom stereocenters. The van der Waals surface area contributed by atoms with E-state index in [0.717, 1.165) is 49.4 Å². The van der Waals surface area contributed by atoms with E-state index < -0.39 is 0 Å². The molecule has 0 aromatic rings. The summed E-state index contributed by atoms with van der Waals surface area (Å²) >= 11 is 0. The van der Waals surface area contributed by atoms with Crippen molar-refractivity contribution in [2.24, 2.45) is 23.7 Å². The van der Waals surface area contributed by atoms with Crippen molar-refractivity contribution in [1.82, 2.24) is 0 Å². The maximum atomic E-state index is 3.69. The summed E-state index contributed by atoms with van der Waals surface area (Å²) in [4.78, 5) is 0. The molecule has 0 spiro atoms. The molecule has 0 saturated carbocycles. The summed E-state index contributed by atoms with van der Waals surface area (Å²) in [6.45, 7) is 32.0. The SMILES string of the molecule is [CH2-]CC(C)C.[CH2-]CC(C)C.[CH2-]CC(C)C.[CH2-]CC(C)C.[Zr+4]. The number of hydrogen-bond donors (Lipinski definition) is 0. The van der Waals surface area contributed by atoms with Crippen LogP contribution in [0.4, 0.5) is 0 Å². The largest absolute Gasteiger partial charge is 4.00 e. The van der Waals surface area contributed by atoms with Gasteiger partial charge in [0.2, 0.25) is 0 Å². The van der Waals surface area contributed by atoms with Crippen LogP contribution >= 0.6 is 0 Å². The summed E-state index contributed by atoms with van der Waals surface area (Å²) < 4.78 is 0. The van der Waals surface area contributed by atoms with Crippen molar-refractivity contribution in [3.8, 4) is 0 Å². The minimum absolute atomic E-state index is 0. The van der Waals surface area contributed by atoms with E-state index in [2.05, 4.69) is 83.1 Å². The van der Waals surface area contributed by atoms with Gasteiger partial charge in [-0.15, -0.1) is 0 Å². The molecule has 0 N–H and O–H groups in total. The standard InChI is InChI=1S/4C5H11.Zr/c4*1-4-5(2)3;/h4*5H,1,4H2,2-3H3;/q4*-1;+4. The molecule has 1 heteroatoms. The Morgan fingerprint density at radius 2 is 0.476 bits per heavy atom. The van der Waals surface area contributed by atoms with Crippen LogP contribution in [0.1, 0.15) is 81.1 Å². The summed E-state index contributed by atoms with van der Waals surface area (Å²) in [7, 11) is 0. The van der Waals surface area contributed by atoms with Crippen molar-refractivity contribution in [2.45, 2.75) is 81.1 Å². The van der Waals surface area contributed by atoms with Crippen molar-refractivity contribution >= 4 is 0 Å². The van der Waals surface area contributed by atoms with Crippen LogP contribution in [0.25, 0.3) is 0 Å². The maximum Gasteiger partial charge on any atom is 4.00 e. The van der Waals surface area contributed by atoms with Crippen LogP contribution < -0.4 is 0 Å². The van der Waals surface area contributed by atoms with Crippen molar-refractivity contribution in [3.05, 3.63) is 27.7 Å². The van der Waals surface area contributed by atoms with Crippen molar-refractivity contribution in [1.29, 1.82) is 0 Å². The van der Waals surface area contributed by atoms with Gasteiger partial charge in [0.05, 0.1) is 0 Å². The Morgan fingerprint density at radius 3 is 0.476 bits per heavy atom. The first-order valence-electron chi connectivity index (χ1n) is 8.25. The van der Waals surface area contributed by atoms with E-state index in [-0.39, 0.29) is 26.2 Å². The Labute approximate surface area is 158 Å². The van der Waals surface area contributed by atoms with E-state index in [9.17, 15) is 0 Å². The predicted octanol–water partition coefficient (Wildman–Crippen LogP) is 7.46. The van der Waals surface area contributed by atoms with Gasteiger partial charge >= 0.3 is 26.2 Å². The second-order valence-electron chi connectivity index (χ2n) is 6.73. The van der Waals surface area contributed by atoms with Gasteiger partial charge in [-0.05, 0) is 0 Å². The molecule has 0 unspecified atom stereocenters. The molecular formula is C20H44Zr. The Morgan fingerprint density at radius 1 is 0.429 bits per heavy atom. The molecule has 0 aliphatic carbocycles. The molecule has 0 heterocycles. The first kappa shape index (κ1) is 33.5. The smallest absolute Gasteiger partial charge is 0.343 e. The van der Waals surface area contributed by atoms with E-state index in [1.54, 1.807) is 0 Å². The Hall–Kier alpha value is 0.883. The summed E-state index contributed by atoms with van der Waals surface area (Å²) in [5.41, 5.74) is 0. The Balaban J connectivity index is -0.0000000533. The van der Waals surface area contributed by atoms with Gasteiger partial charge < -0.3 is 27.7 Å². The summed E-state index contributed by atoms with van der Waals surface area (Å²) in [5, 5.41) is 0. The topological polar surface area (TPSA) is 0 Å². The minimum Gasteiger partial charge on any atom is -0.343 e. The molecule has 0 bridgehead atoms. The second-order valence-corrected chi connectivity index (χ2v) is 6.73. The van der Waals surface area contributed by atoms with Crippen molar-refractivity contribution in [2.75, 3.05) is 0 Å². The van der Waals surface area contributed by atoms with Gasteiger partial charge in [-0.1, -0.05) is 79.1 Å². The molecule has 21 heavy (non-hydrogen) atoms. The van der Waals surface area contributed by atoms with E-state index in [1.165, 1.54) is 0 Å². The monoisotopic (exact) mass is 374 g/mol. The van der Waals surface area contributed by atoms with Crippen LogP contribution in [-0.2, 0) is 26.2 Å². The zero-order valence-corrected chi connectivity index (χ0v) is 18.9. The second kappa shape index (κ2) is 29.0. The summed E-state index contributed by atoms with van der Waals surface area (Å²) in [6, 6.07) is 0. The quantitative estimate of drug-likeness (QED) is 0.447. The third-order valence-corrected chi connectivity index (χ3v) is 2.31. The average molecular weight is 376 g/mol. The van der Waals surface area contributed by atoms with E-state index in [1.807, 2.05) is 0 Å². The molecule has 0 saturated heterocycles.